The molecular formula is C15H19NO4. The summed E-state index contributed by atoms with van der Waals surface area (Å²) < 4.78 is 5.18. The molecule has 0 bridgehead atoms. The first-order valence-electron chi connectivity index (χ1n) is 6.62. The third kappa shape index (κ3) is 3.17. The molecule has 1 fully saturated rings. The molecule has 1 aromatic carbocycles. The molecule has 2 unspecified atom stereocenters. The van der Waals surface area contributed by atoms with E-state index in [0.29, 0.717) is 13.0 Å². The van der Waals surface area contributed by atoms with Crippen molar-refractivity contribution in [3.05, 3.63) is 35.4 Å². The number of carbonyl (C=O) groups is 2. The second kappa shape index (κ2) is 6.05. The van der Waals surface area contributed by atoms with E-state index in [2.05, 4.69) is 0 Å². The topological polar surface area (TPSA) is 66.8 Å². The Kier molecular flexibility index (Phi) is 4.39. The first-order chi connectivity index (χ1) is 9.51. The maximum atomic E-state index is 12.3. The summed E-state index contributed by atoms with van der Waals surface area (Å²) in [6.45, 7) is 2.33. The van der Waals surface area contributed by atoms with Crippen LogP contribution in [0.15, 0.2) is 24.3 Å². The first-order valence-corrected chi connectivity index (χ1v) is 6.62. The number of likely N-dealkylation sites (tertiary alicyclic amines) is 1. The van der Waals surface area contributed by atoms with Gasteiger partial charge in [0.2, 0.25) is 5.91 Å². The van der Waals surface area contributed by atoms with Gasteiger partial charge in [-0.1, -0.05) is 29.8 Å². The summed E-state index contributed by atoms with van der Waals surface area (Å²) >= 11 is 0. The summed E-state index contributed by atoms with van der Waals surface area (Å²) in [4.78, 5) is 24.9. The van der Waals surface area contributed by atoms with Crippen LogP contribution in [0.4, 0.5) is 0 Å². The van der Waals surface area contributed by atoms with E-state index in [0.717, 1.165) is 11.1 Å². The third-order valence-corrected chi connectivity index (χ3v) is 3.68. The van der Waals surface area contributed by atoms with Crippen LogP contribution in [0.5, 0.6) is 0 Å². The molecule has 1 aliphatic rings. The monoisotopic (exact) mass is 277 g/mol. The van der Waals surface area contributed by atoms with Gasteiger partial charge in [-0.3, -0.25) is 4.79 Å². The molecule has 2 rings (SSSR count). The normalized spacial score (nSPS) is 22.0. The minimum absolute atomic E-state index is 0.166. The molecule has 1 aromatic rings. The fourth-order valence-electron chi connectivity index (χ4n) is 2.46. The molecule has 0 radical (unpaired) electrons. The second-order valence-electron chi connectivity index (χ2n) is 5.16. The fourth-order valence-corrected chi connectivity index (χ4v) is 2.46. The van der Waals surface area contributed by atoms with Crippen LogP contribution >= 0.6 is 0 Å². The molecule has 2 atom stereocenters. The Bertz CT molecular complexity index is 497. The van der Waals surface area contributed by atoms with E-state index in [1.807, 2.05) is 31.2 Å². The zero-order chi connectivity index (χ0) is 14.7. The van der Waals surface area contributed by atoms with Gasteiger partial charge in [0.15, 0.2) is 0 Å². The van der Waals surface area contributed by atoms with Crippen molar-refractivity contribution < 1.29 is 19.4 Å². The Balaban J connectivity index is 2.07. The summed E-state index contributed by atoms with van der Waals surface area (Å²) in [7, 11) is 1.54. The molecule has 1 heterocycles. The van der Waals surface area contributed by atoms with Crippen molar-refractivity contribution in [3.63, 3.8) is 0 Å². The van der Waals surface area contributed by atoms with Gasteiger partial charge in [-0.15, -0.1) is 0 Å². The largest absolute Gasteiger partial charge is 0.480 e. The molecule has 0 saturated carbocycles. The number of carboxylic acids is 1. The number of ether oxygens (including phenoxy) is 1. The van der Waals surface area contributed by atoms with Gasteiger partial charge in [-0.25, -0.2) is 4.79 Å². The predicted molar refractivity (Wildman–Crippen MR) is 73.4 cm³/mol. The van der Waals surface area contributed by atoms with E-state index in [1.54, 1.807) is 0 Å². The lowest BCUT2D eigenvalue weighted by molar-refractivity contribution is -0.148. The summed E-state index contributed by atoms with van der Waals surface area (Å²) in [5.41, 5.74) is 2.02. The number of nitrogens with zero attached hydrogens (tertiary/aromatic N) is 1. The molecule has 1 aliphatic heterocycles. The van der Waals surface area contributed by atoms with Crippen LogP contribution in [0, 0.1) is 6.92 Å². The Morgan fingerprint density at radius 1 is 1.35 bits per heavy atom. The Labute approximate surface area is 118 Å². The maximum absolute atomic E-state index is 12.3. The molecule has 20 heavy (non-hydrogen) atoms. The van der Waals surface area contributed by atoms with Gasteiger partial charge in [0.1, 0.15) is 6.04 Å². The van der Waals surface area contributed by atoms with E-state index in [1.165, 1.54) is 12.0 Å². The predicted octanol–water partition coefficient (Wildman–Crippen LogP) is 1.24. The van der Waals surface area contributed by atoms with Crippen LogP contribution in [-0.4, -0.2) is 47.7 Å². The van der Waals surface area contributed by atoms with E-state index in [4.69, 9.17) is 4.74 Å². The summed E-state index contributed by atoms with van der Waals surface area (Å²) in [6.07, 6.45) is 0.379. The van der Waals surface area contributed by atoms with Gasteiger partial charge in [0, 0.05) is 20.1 Å². The average molecular weight is 277 g/mol. The van der Waals surface area contributed by atoms with Crippen LogP contribution in [0.3, 0.4) is 0 Å². The smallest absolute Gasteiger partial charge is 0.326 e. The van der Waals surface area contributed by atoms with Crippen molar-refractivity contribution >= 4 is 11.9 Å². The molecule has 108 valence electrons. The van der Waals surface area contributed by atoms with E-state index < -0.39 is 12.0 Å². The quantitative estimate of drug-likeness (QED) is 0.899. The van der Waals surface area contributed by atoms with Crippen molar-refractivity contribution in [1.29, 1.82) is 0 Å². The summed E-state index contributed by atoms with van der Waals surface area (Å²) in [5.74, 6) is -1.14. The van der Waals surface area contributed by atoms with E-state index >= 15 is 0 Å². The number of benzene rings is 1. The Morgan fingerprint density at radius 3 is 2.55 bits per heavy atom. The van der Waals surface area contributed by atoms with Gasteiger partial charge in [0.25, 0.3) is 0 Å². The molecule has 0 aliphatic carbocycles. The minimum Gasteiger partial charge on any atom is -0.480 e. The Hall–Kier alpha value is -1.88. The molecule has 0 spiro atoms. The molecular weight excluding hydrogens is 258 g/mol. The van der Waals surface area contributed by atoms with Gasteiger partial charge < -0.3 is 14.7 Å². The number of aliphatic carboxylic acids is 1. The minimum atomic E-state index is -0.971. The number of carboxylic acid groups (broad SMARTS) is 1. The van der Waals surface area contributed by atoms with Crippen molar-refractivity contribution in [2.24, 2.45) is 0 Å². The number of hydrogen-bond donors (Lipinski definition) is 1. The lowest BCUT2D eigenvalue weighted by Crippen LogP contribution is -2.41. The number of rotatable bonds is 4. The van der Waals surface area contributed by atoms with Crippen molar-refractivity contribution in [2.75, 3.05) is 13.7 Å². The van der Waals surface area contributed by atoms with E-state index in [9.17, 15) is 14.7 Å². The first kappa shape index (κ1) is 14.5. The number of methoxy groups -OCH3 is 1. The maximum Gasteiger partial charge on any atom is 0.326 e. The second-order valence-corrected chi connectivity index (χ2v) is 5.16. The zero-order valence-corrected chi connectivity index (χ0v) is 11.7. The van der Waals surface area contributed by atoms with Crippen LogP contribution in [0.2, 0.25) is 0 Å². The van der Waals surface area contributed by atoms with Crippen molar-refractivity contribution in [2.45, 2.75) is 31.9 Å². The van der Waals surface area contributed by atoms with Gasteiger partial charge in [-0.05, 0) is 12.5 Å². The Morgan fingerprint density at radius 2 is 2.00 bits per heavy atom. The van der Waals surface area contributed by atoms with Crippen molar-refractivity contribution in [1.82, 2.24) is 4.90 Å². The lowest BCUT2D eigenvalue weighted by atomic mass is 10.1. The van der Waals surface area contributed by atoms with Gasteiger partial charge >= 0.3 is 5.97 Å². The zero-order valence-electron chi connectivity index (χ0n) is 11.7. The van der Waals surface area contributed by atoms with E-state index in [-0.39, 0.29) is 18.4 Å². The highest BCUT2D eigenvalue weighted by Crippen LogP contribution is 2.21. The number of aryl methyl sites for hydroxylation is 1. The molecule has 1 amide bonds. The van der Waals surface area contributed by atoms with Crippen molar-refractivity contribution in [3.8, 4) is 0 Å². The highest BCUT2D eigenvalue weighted by molar-refractivity contribution is 5.85. The van der Waals surface area contributed by atoms with Gasteiger partial charge in [0.05, 0.1) is 12.5 Å². The van der Waals surface area contributed by atoms with Gasteiger partial charge in [-0.2, -0.15) is 0 Å². The van der Waals surface area contributed by atoms with Crippen LogP contribution in [0.25, 0.3) is 0 Å². The highest BCUT2D eigenvalue weighted by Gasteiger charge is 2.39. The lowest BCUT2D eigenvalue weighted by Gasteiger charge is -2.21. The third-order valence-electron chi connectivity index (χ3n) is 3.68. The standard InChI is InChI=1S/C15H19NO4/c1-10-3-5-11(6-4-10)7-14(17)16-9-12(20-2)8-13(16)15(18)19/h3-6,12-13H,7-9H2,1-2H3,(H,18,19). The molecule has 5 nitrogen and oxygen atoms in total. The van der Waals surface area contributed by atoms with Crippen LogP contribution < -0.4 is 0 Å². The number of hydrogen-bond acceptors (Lipinski definition) is 3. The number of carbonyl (C=O) groups excluding carboxylic acids is 1. The molecule has 1 N–H and O–H groups in total. The molecule has 1 saturated heterocycles. The summed E-state index contributed by atoms with van der Waals surface area (Å²) in [6, 6.07) is 6.90. The average Bonchev–Trinajstić information content (AvgIpc) is 2.86. The highest BCUT2D eigenvalue weighted by atomic mass is 16.5. The molecule has 0 aromatic heterocycles. The molecule has 5 heteroatoms. The SMILES string of the molecule is COC1CC(C(=O)O)N(C(=O)Cc2ccc(C)cc2)C1. The van der Waals surface area contributed by atoms with Crippen LogP contribution in [0.1, 0.15) is 17.5 Å². The summed E-state index contributed by atoms with van der Waals surface area (Å²) in [5, 5.41) is 9.20. The van der Waals surface area contributed by atoms with Crippen LogP contribution in [-0.2, 0) is 20.7 Å². The fraction of sp³-hybridized carbons (Fsp3) is 0.467. The number of amides is 1.